The predicted octanol–water partition coefficient (Wildman–Crippen LogP) is 3.30. The minimum absolute atomic E-state index is 0.0126. The summed E-state index contributed by atoms with van der Waals surface area (Å²) >= 11 is 3.55. The summed E-state index contributed by atoms with van der Waals surface area (Å²) < 4.78 is 51.3. The van der Waals surface area contributed by atoms with Crippen molar-refractivity contribution in [3.05, 3.63) is 52.8 Å². The van der Waals surface area contributed by atoms with Gasteiger partial charge in [0.15, 0.2) is 0 Å². The molecule has 1 saturated heterocycles. The second-order valence-electron chi connectivity index (χ2n) is 6.65. The van der Waals surface area contributed by atoms with Gasteiger partial charge in [0.1, 0.15) is 11.4 Å². The number of nitrogens with zero attached hydrogens (tertiary/aromatic N) is 2. The second kappa shape index (κ2) is 7.89. The molecule has 0 unspecified atom stereocenters. The number of hydrogen-bond acceptors (Lipinski definition) is 6. The molecule has 0 atom stereocenters. The van der Waals surface area contributed by atoms with E-state index in [4.69, 9.17) is 14.9 Å². The van der Waals surface area contributed by atoms with Crippen LogP contribution in [0.15, 0.2) is 56.2 Å². The van der Waals surface area contributed by atoms with Gasteiger partial charge in [0.2, 0.25) is 10.0 Å². The highest BCUT2D eigenvalue weighted by atomic mass is 79.9. The number of amides is 1. The molecule has 11 heteroatoms. The summed E-state index contributed by atoms with van der Waals surface area (Å²) in [6.07, 6.45) is -0.971. The summed E-state index contributed by atoms with van der Waals surface area (Å²) in [4.78, 5) is 12.9. The van der Waals surface area contributed by atoms with Gasteiger partial charge in [-0.15, -0.1) is 0 Å². The number of rotatable bonds is 4. The van der Waals surface area contributed by atoms with Crippen molar-refractivity contribution in [2.75, 3.05) is 31.1 Å². The molecule has 8 nitrogen and oxygen atoms in total. The molecule has 158 valence electrons. The fourth-order valence-electron chi connectivity index (χ4n) is 3.38. The average molecular weight is 498 g/mol. The van der Waals surface area contributed by atoms with E-state index in [0.717, 1.165) is 16.2 Å². The molecule has 2 heterocycles. The smallest absolute Gasteiger partial charge is 0.412 e. The molecule has 4 rings (SSSR count). The molecule has 1 fully saturated rings. The van der Waals surface area contributed by atoms with E-state index in [0.29, 0.717) is 24.1 Å². The maximum absolute atomic E-state index is 13.5. The number of piperazine rings is 1. The van der Waals surface area contributed by atoms with Crippen LogP contribution >= 0.6 is 15.9 Å². The lowest BCUT2D eigenvalue weighted by Crippen LogP contribution is -2.48. The lowest BCUT2D eigenvalue weighted by Gasteiger charge is -2.35. The Morgan fingerprint density at radius 1 is 1.13 bits per heavy atom. The Morgan fingerprint density at radius 2 is 1.87 bits per heavy atom. The fraction of sp³-hybridized carbons (Fsp3) is 0.211. The highest BCUT2D eigenvalue weighted by Crippen LogP contribution is 2.38. The topological polar surface area (TPSA) is 106 Å². The molecule has 30 heavy (non-hydrogen) atoms. The van der Waals surface area contributed by atoms with Crippen LogP contribution in [0.4, 0.5) is 14.9 Å². The summed E-state index contributed by atoms with van der Waals surface area (Å²) in [5.41, 5.74) is 6.37. The standard InChI is InChI=1S/C19H17BrFN3O5S/c20-18-14-11-17(29-19(22)25)28-16(14)5-4-15(18)23-6-8-24(9-7-23)30(26,27)13-3-1-2-12(21)10-13/h1-5,10-11H,6-9H2,(H2,22,25). The van der Waals surface area contributed by atoms with Crippen molar-refractivity contribution in [3.63, 3.8) is 0 Å². The lowest BCUT2D eigenvalue weighted by molar-refractivity contribution is 0.199. The molecule has 0 saturated carbocycles. The minimum Gasteiger partial charge on any atom is -0.425 e. The van der Waals surface area contributed by atoms with E-state index in [9.17, 15) is 17.6 Å². The van der Waals surface area contributed by atoms with Crippen LogP contribution in [0.3, 0.4) is 0 Å². The van der Waals surface area contributed by atoms with E-state index in [-0.39, 0.29) is 23.9 Å². The summed E-state index contributed by atoms with van der Waals surface area (Å²) in [5.74, 6) is -0.604. The van der Waals surface area contributed by atoms with Crippen molar-refractivity contribution in [1.29, 1.82) is 0 Å². The average Bonchev–Trinajstić information content (AvgIpc) is 3.11. The fourth-order valence-corrected chi connectivity index (χ4v) is 5.53. The van der Waals surface area contributed by atoms with Crippen LogP contribution in [0.5, 0.6) is 5.95 Å². The number of nitrogens with two attached hydrogens (primary N) is 1. The number of anilines is 1. The maximum atomic E-state index is 13.5. The molecule has 2 aromatic carbocycles. The molecule has 1 aromatic heterocycles. The number of hydrogen-bond donors (Lipinski definition) is 1. The first-order valence-corrected chi connectivity index (χ1v) is 11.2. The first kappa shape index (κ1) is 20.6. The molecule has 1 amide bonds. The number of halogens is 2. The van der Waals surface area contributed by atoms with Gasteiger partial charge in [0.25, 0.3) is 5.95 Å². The van der Waals surface area contributed by atoms with Crippen molar-refractivity contribution in [3.8, 4) is 5.95 Å². The van der Waals surface area contributed by atoms with Gasteiger partial charge in [-0.05, 0) is 46.3 Å². The van der Waals surface area contributed by atoms with Gasteiger partial charge in [-0.2, -0.15) is 4.31 Å². The number of carbonyl (C=O) groups excluding carboxylic acids is 1. The van der Waals surface area contributed by atoms with Crippen LogP contribution in [0.25, 0.3) is 11.0 Å². The van der Waals surface area contributed by atoms with Crippen molar-refractivity contribution in [2.24, 2.45) is 5.73 Å². The summed E-state index contributed by atoms with van der Waals surface area (Å²) in [7, 11) is -3.76. The van der Waals surface area contributed by atoms with Gasteiger partial charge in [0.05, 0.1) is 15.1 Å². The zero-order valence-electron chi connectivity index (χ0n) is 15.5. The second-order valence-corrected chi connectivity index (χ2v) is 9.38. The Hall–Kier alpha value is -2.63. The van der Waals surface area contributed by atoms with Crippen LogP contribution in [0, 0.1) is 5.82 Å². The summed E-state index contributed by atoms with van der Waals surface area (Å²) in [5, 5.41) is 0.693. The predicted molar refractivity (Wildman–Crippen MR) is 111 cm³/mol. The monoisotopic (exact) mass is 497 g/mol. The first-order chi connectivity index (χ1) is 14.3. The van der Waals surface area contributed by atoms with Crippen LogP contribution in [0.1, 0.15) is 0 Å². The highest BCUT2D eigenvalue weighted by Gasteiger charge is 2.29. The molecule has 3 aromatic rings. The van der Waals surface area contributed by atoms with Gasteiger partial charge in [-0.1, -0.05) is 6.07 Å². The number of sulfonamides is 1. The Labute approximate surface area is 180 Å². The van der Waals surface area contributed by atoms with E-state index in [2.05, 4.69) is 15.9 Å². The van der Waals surface area contributed by atoms with Gasteiger partial charge in [-0.3, -0.25) is 0 Å². The largest absolute Gasteiger partial charge is 0.425 e. The third kappa shape index (κ3) is 3.87. The third-order valence-corrected chi connectivity index (χ3v) is 7.53. The normalized spacial score (nSPS) is 15.5. The highest BCUT2D eigenvalue weighted by molar-refractivity contribution is 9.10. The molecule has 0 bridgehead atoms. The van der Waals surface area contributed by atoms with Gasteiger partial charge in [0, 0.05) is 37.6 Å². The molecule has 2 N–H and O–H groups in total. The van der Waals surface area contributed by atoms with E-state index < -0.39 is 21.9 Å². The van der Waals surface area contributed by atoms with Crippen LogP contribution in [-0.4, -0.2) is 45.0 Å². The van der Waals surface area contributed by atoms with Crippen molar-refractivity contribution in [1.82, 2.24) is 4.31 Å². The minimum atomic E-state index is -3.76. The number of ether oxygens (including phenoxy) is 1. The van der Waals surface area contributed by atoms with Crippen molar-refractivity contribution >= 4 is 48.7 Å². The molecular weight excluding hydrogens is 481 g/mol. The number of benzene rings is 2. The SMILES string of the molecule is NC(=O)Oc1cc2c(Br)c(N3CCN(S(=O)(=O)c4cccc(F)c4)CC3)ccc2o1. The molecule has 1 aliphatic rings. The molecule has 1 aliphatic heterocycles. The molecule has 0 radical (unpaired) electrons. The molecule has 0 aliphatic carbocycles. The maximum Gasteiger partial charge on any atom is 0.412 e. The van der Waals surface area contributed by atoms with Gasteiger partial charge < -0.3 is 19.8 Å². The summed E-state index contributed by atoms with van der Waals surface area (Å²) in [6.45, 7) is 1.40. The van der Waals surface area contributed by atoms with Gasteiger partial charge in [-0.25, -0.2) is 17.6 Å². The molecule has 0 spiro atoms. The van der Waals surface area contributed by atoms with E-state index in [1.165, 1.54) is 22.5 Å². The van der Waals surface area contributed by atoms with E-state index in [1.807, 2.05) is 11.0 Å². The summed E-state index contributed by atoms with van der Waals surface area (Å²) in [6, 6.07) is 10.1. The van der Waals surface area contributed by atoms with E-state index >= 15 is 0 Å². The number of fused-ring (bicyclic) bond motifs is 1. The lowest BCUT2D eigenvalue weighted by atomic mass is 10.2. The number of furan rings is 1. The number of carbonyl (C=O) groups is 1. The van der Waals surface area contributed by atoms with Crippen molar-refractivity contribution in [2.45, 2.75) is 4.90 Å². The Kier molecular flexibility index (Phi) is 5.43. The van der Waals surface area contributed by atoms with Crippen LogP contribution in [-0.2, 0) is 10.0 Å². The quantitative estimate of drug-likeness (QED) is 0.592. The third-order valence-electron chi connectivity index (χ3n) is 4.81. The van der Waals surface area contributed by atoms with Crippen LogP contribution in [0.2, 0.25) is 0 Å². The Bertz CT molecular complexity index is 1220. The van der Waals surface area contributed by atoms with E-state index in [1.54, 1.807) is 12.1 Å². The van der Waals surface area contributed by atoms with Crippen LogP contribution < -0.4 is 15.4 Å². The Morgan fingerprint density at radius 3 is 2.53 bits per heavy atom. The zero-order valence-corrected chi connectivity index (χ0v) is 17.9. The Balaban J connectivity index is 1.53. The first-order valence-electron chi connectivity index (χ1n) is 8.96. The van der Waals surface area contributed by atoms with Gasteiger partial charge >= 0.3 is 6.09 Å². The number of primary amides is 1. The zero-order chi connectivity index (χ0) is 21.5. The molecular formula is C19H17BrFN3O5S. The van der Waals surface area contributed by atoms with Crippen molar-refractivity contribution < 1.29 is 26.8 Å².